The summed E-state index contributed by atoms with van der Waals surface area (Å²) in [6.07, 6.45) is 0. The first kappa shape index (κ1) is 29.8. The fourth-order valence-corrected chi connectivity index (χ4v) is 0.538. The van der Waals surface area contributed by atoms with Crippen LogP contribution in [0, 0.1) is 0 Å². The van der Waals surface area contributed by atoms with Crippen molar-refractivity contribution in [3.63, 3.8) is 0 Å². The van der Waals surface area contributed by atoms with Crippen molar-refractivity contribution < 1.29 is 121 Å². The Morgan fingerprint density at radius 2 is 1.31 bits per heavy atom. The minimum Gasteiger partial charge on any atom is -1.00 e. The van der Waals surface area contributed by atoms with E-state index in [1.807, 2.05) is 0 Å². The van der Waals surface area contributed by atoms with E-state index in [9.17, 15) is 9.13 Å². The fraction of sp³-hybridized carbons (Fsp3) is 1.00. The first-order chi connectivity index (χ1) is 4.54. The van der Waals surface area contributed by atoms with Gasteiger partial charge in [0.2, 0.25) is 0 Å². The molecular weight excluding hydrogens is 251 g/mol. The molecule has 0 fully saturated rings. The van der Waals surface area contributed by atoms with Crippen LogP contribution in [-0.2, 0) is 13.4 Å². The fourth-order valence-electron chi connectivity index (χ4n) is 0.0598. The van der Waals surface area contributed by atoms with Crippen LogP contribution in [-0.4, -0.2) is 21.5 Å². The zero-order valence-electron chi connectivity index (χ0n) is 11.2. The topological polar surface area (TPSA) is 104 Å². The van der Waals surface area contributed by atoms with Gasteiger partial charge in [-0.1, -0.05) is 0 Å². The van der Waals surface area contributed by atoms with Crippen molar-refractivity contribution in [1.29, 1.82) is 0 Å². The third kappa shape index (κ3) is 51.6. The number of hydrogen-bond acceptors (Lipinski definition) is 4. The molecule has 13 heavy (non-hydrogen) atoms. The van der Waals surface area contributed by atoms with Crippen molar-refractivity contribution >= 4 is 16.5 Å². The number of rotatable bonds is 2. The van der Waals surface area contributed by atoms with E-state index in [1.54, 1.807) is 6.92 Å². The Kier molecular flexibility index (Phi) is 55.7. The molecule has 0 aliphatic carbocycles. The van der Waals surface area contributed by atoms with E-state index in [0.29, 0.717) is 0 Å². The van der Waals surface area contributed by atoms with Crippen molar-refractivity contribution in [2.45, 2.75) is 6.92 Å². The monoisotopic (exact) mass is 262 g/mol. The molecular formula is C2H11Na3O6P2+2. The predicted molar refractivity (Wildman–Crippen MR) is 36.8 cm³/mol. The molecule has 11 heteroatoms. The van der Waals surface area contributed by atoms with Gasteiger partial charge in [-0.3, -0.25) is 0 Å². The minimum absolute atomic E-state index is 0. The van der Waals surface area contributed by atoms with Crippen LogP contribution < -0.4 is 88.7 Å². The Hall–Kier alpha value is 3.04. The van der Waals surface area contributed by atoms with Gasteiger partial charge in [-0.15, -0.1) is 9.79 Å². The Morgan fingerprint density at radius 3 is 1.31 bits per heavy atom. The second-order valence-corrected chi connectivity index (χ2v) is 2.48. The zero-order chi connectivity index (χ0) is 8.57. The number of aliphatic hydroxyl groups excluding tert-OH is 1. The van der Waals surface area contributed by atoms with Crippen molar-refractivity contribution in [3.8, 4) is 0 Å². The molecule has 0 aromatic heterocycles. The molecule has 0 bridgehead atoms. The number of aliphatic hydroxyl groups is 1. The second-order valence-electron chi connectivity index (χ2n) is 0.874. The van der Waals surface area contributed by atoms with Crippen LogP contribution in [0.25, 0.3) is 0 Å². The van der Waals surface area contributed by atoms with E-state index >= 15 is 0 Å². The van der Waals surface area contributed by atoms with E-state index in [0.717, 1.165) is 0 Å². The summed E-state index contributed by atoms with van der Waals surface area (Å²) in [6, 6.07) is 0. The Bertz CT molecular complexity index is 122. The van der Waals surface area contributed by atoms with Gasteiger partial charge >= 0.3 is 105 Å². The van der Waals surface area contributed by atoms with Crippen LogP contribution in [0.2, 0.25) is 0 Å². The second kappa shape index (κ2) is 24.3. The molecule has 0 spiro atoms. The molecule has 0 amide bonds. The maximum Gasteiger partial charge on any atom is 1.00 e. The Balaban J connectivity index is -0.0000000109. The first-order valence-corrected chi connectivity index (χ1v) is 4.41. The zero-order valence-corrected chi connectivity index (χ0v) is 16.0. The van der Waals surface area contributed by atoms with E-state index in [2.05, 4.69) is 4.31 Å². The Labute approximate surface area is 149 Å². The van der Waals surface area contributed by atoms with Crippen molar-refractivity contribution in [2.75, 3.05) is 6.61 Å². The summed E-state index contributed by atoms with van der Waals surface area (Å²) in [6.45, 7) is 1.93. The quantitative estimate of drug-likeness (QED) is 0.337. The maximum atomic E-state index is 9.39. The van der Waals surface area contributed by atoms with Gasteiger partial charge in [0.1, 0.15) is 0 Å². The van der Waals surface area contributed by atoms with E-state index in [4.69, 9.17) is 14.9 Å². The molecule has 0 aromatic carbocycles. The molecule has 0 aliphatic rings. The van der Waals surface area contributed by atoms with Gasteiger partial charge in [0, 0.05) is 15.7 Å². The Morgan fingerprint density at radius 1 is 1.15 bits per heavy atom. The van der Waals surface area contributed by atoms with Gasteiger partial charge in [-0.25, -0.2) is 0 Å². The van der Waals surface area contributed by atoms with E-state index in [1.165, 1.54) is 0 Å². The van der Waals surface area contributed by atoms with Crippen molar-refractivity contribution in [2.24, 2.45) is 0 Å². The standard InChI is InChI=1S/C2H6O.3Na.O5P2.3H/c1-2-3;;;;1-6(2)5-7(3)4;;;/h3H,2H2,1H3;;;;;;;/q;3*+1;;3*-1/p+2. The molecule has 0 saturated carbocycles. The normalized spacial score (nSPS) is 8.62. The average Bonchev–Trinajstić information content (AvgIpc) is 1.62. The summed E-state index contributed by atoms with van der Waals surface area (Å²) in [5.41, 5.74) is 0. The van der Waals surface area contributed by atoms with E-state index in [-0.39, 0.29) is 99.6 Å². The molecule has 0 radical (unpaired) electrons. The number of hydrogen-bond donors (Lipinski definition) is 3. The average molecular weight is 262 g/mol. The first-order valence-electron chi connectivity index (χ1n) is 2.15. The molecule has 2 unspecified atom stereocenters. The summed E-state index contributed by atoms with van der Waals surface area (Å²) in [5, 5.41) is 7.57. The molecule has 0 rings (SSSR count). The summed E-state index contributed by atoms with van der Waals surface area (Å²) >= 11 is 0. The van der Waals surface area contributed by atoms with E-state index < -0.39 is 16.5 Å². The van der Waals surface area contributed by atoms with Gasteiger partial charge in [0.15, 0.2) is 4.31 Å². The summed E-state index contributed by atoms with van der Waals surface area (Å²) in [4.78, 5) is 15.3. The van der Waals surface area contributed by atoms with Crippen LogP contribution in [0.5, 0.6) is 0 Å². The van der Waals surface area contributed by atoms with Crippen LogP contribution in [0.15, 0.2) is 0 Å². The molecule has 66 valence electrons. The predicted octanol–water partition coefficient (Wildman–Crippen LogP) is -8.35. The third-order valence-corrected chi connectivity index (χ3v) is 1.26. The van der Waals surface area contributed by atoms with Crippen LogP contribution in [0.1, 0.15) is 11.2 Å². The summed E-state index contributed by atoms with van der Waals surface area (Å²) < 4.78 is 22.2. The van der Waals surface area contributed by atoms with Gasteiger partial charge in [-0.05, 0) is 6.92 Å². The smallest absolute Gasteiger partial charge is 1.00 e. The molecule has 0 heterocycles. The van der Waals surface area contributed by atoms with Gasteiger partial charge < -0.3 is 9.39 Å². The molecule has 0 aliphatic heterocycles. The van der Waals surface area contributed by atoms with Crippen molar-refractivity contribution in [1.82, 2.24) is 0 Å². The summed E-state index contributed by atoms with van der Waals surface area (Å²) in [5.74, 6) is 0. The molecule has 0 saturated heterocycles. The van der Waals surface area contributed by atoms with Crippen molar-refractivity contribution in [3.05, 3.63) is 0 Å². The molecule has 2 atom stereocenters. The van der Waals surface area contributed by atoms with Gasteiger partial charge in [-0.2, -0.15) is 0 Å². The van der Waals surface area contributed by atoms with Gasteiger partial charge in [0.05, 0.1) is 0 Å². The summed E-state index contributed by atoms with van der Waals surface area (Å²) in [7, 11) is -5.85. The largest absolute Gasteiger partial charge is 1.00 e. The molecule has 0 aromatic rings. The van der Waals surface area contributed by atoms with Gasteiger partial charge in [0.25, 0.3) is 0 Å². The molecule has 3 N–H and O–H groups in total. The van der Waals surface area contributed by atoms with Crippen LogP contribution in [0.4, 0.5) is 0 Å². The maximum absolute atomic E-state index is 9.39. The van der Waals surface area contributed by atoms with Crippen LogP contribution in [0.3, 0.4) is 0 Å². The van der Waals surface area contributed by atoms with Crippen LogP contribution >= 0.6 is 16.5 Å². The third-order valence-electron chi connectivity index (χ3n) is 0.140. The minimum atomic E-state index is -2.92. The SMILES string of the molecule is CCO.O=[P+](O)O[P+](=O)O.[H-].[H-].[H-].[Na+].[Na+].[Na+]. The molecule has 6 nitrogen and oxygen atoms in total.